The Kier molecular flexibility index (Phi) is 6.90. The van der Waals surface area contributed by atoms with E-state index in [1.807, 2.05) is 0 Å². The first-order valence-electron chi connectivity index (χ1n) is 6.28. The summed E-state index contributed by atoms with van der Waals surface area (Å²) in [5.74, 6) is -1.53. The van der Waals surface area contributed by atoms with E-state index in [9.17, 15) is 14.4 Å². The fraction of sp³-hybridized carbons (Fsp3) is 0.357. The summed E-state index contributed by atoms with van der Waals surface area (Å²) in [6, 6.07) is 6.18. The van der Waals surface area contributed by atoms with Gasteiger partial charge in [0.15, 0.2) is 6.61 Å². The molecule has 0 heterocycles. The van der Waals surface area contributed by atoms with Gasteiger partial charge in [-0.1, -0.05) is 0 Å². The van der Waals surface area contributed by atoms with Crippen LogP contribution in [-0.4, -0.2) is 44.8 Å². The van der Waals surface area contributed by atoms with Gasteiger partial charge in [0.05, 0.1) is 12.2 Å². The zero-order valence-corrected chi connectivity index (χ0v) is 11.9. The number of benzene rings is 1. The molecule has 0 radical (unpaired) electrons. The molecule has 114 valence electrons. The Morgan fingerprint density at radius 2 is 1.71 bits per heavy atom. The molecular weight excluding hydrogens is 278 g/mol. The molecule has 7 nitrogen and oxygen atoms in total. The zero-order chi connectivity index (χ0) is 15.7. The highest BCUT2D eigenvalue weighted by molar-refractivity contribution is 5.94. The lowest BCUT2D eigenvalue weighted by atomic mass is 10.2. The van der Waals surface area contributed by atoms with Crippen molar-refractivity contribution < 1.29 is 28.6 Å². The summed E-state index contributed by atoms with van der Waals surface area (Å²) in [6.45, 7) is 1.41. The minimum Gasteiger partial charge on any atom is -0.462 e. The number of ether oxygens (including phenoxy) is 3. The number of nitrogens with one attached hydrogen (secondary N) is 1. The standard InChI is InChI=1S/C14H17NO6/c1-3-20-14(18)10-4-6-11(7-5-10)15-12(16)8-21-13(17)9-19-2/h4-7H,3,8-9H2,1-2H3,(H,15,16). The van der Waals surface area contributed by atoms with Crippen LogP contribution < -0.4 is 5.32 Å². The van der Waals surface area contributed by atoms with Crippen molar-refractivity contribution in [2.45, 2.75) is 6.92 Å². The number of carbonyl (C=O) groups is 3. The van der Waals surface area contributed by atoms with E-state index in [1.54, 1.807) is 19.1 Å². The zero-order valence-electron chi connectivity index (χ0n) is 11.9. The summed E-state index contributed by atoms with van der Waals surface area (Å²) >= 11 is 0. The third-order valence-corrected chi connectivity index (χ3v) is 2.31. The van der Waals surface area contributed by atoms with Gasteiger partial charge in [-0.25, -0.2) is 9.59 Å². The molecule has 0 aliphatic rings. The van der Waals surface area contributed by atoms with E-state index in [1.165, 1.54) is 19.2 Å². The van der Waals surface area contributed by atoms with E-state index in [4.69, 9.17) is 4.74 Å². The molecule has 0 bridgehead atoms. The Labute approximate surface area is 122 Å². The minimum absolute atomic E-state index is 0.207. The molecule has 0 spiro atoms. The molecule has 1 aromatic rings. The summed E-state index contributed by atoms with van der Waals surface area (Å²) in [5, 5.41) is 2.53. The van der Waals surface area contributed by atoms with Crippen LogP contribution in [0, 0.1) is 0 Å². The van der Waals surface area contributed by atoms with Crippen molar-refractivity contribution in [3.63, 3.8) is 0 Å². The van der Waals surface area contributed by atoms with Crippen LogP contribution in [0.3, 0.4) is 0 Å². The van der Waals surface area contributed by atoms with Gasteiger partial charge in [-0.2, -0.15) is 0 Å². The van der Waals surface area contributed by atoms with Crippen molar-refractivity contribution in [2.24, 2.45) is 0 Å². The van der Waals surface area contributed by atoms with E-state index in [2.05, 4.69) is 14.8 Å². The topological polar surface area (TPSA) is 90.9 Å². The van der Waals surface area contributed by atoms with Gasteiger partial charge in [-0.05, 0) is 31.2 Å². The Hall–Kier alpha value is -2.41. The summed E-state index contributed by atoms with van der Waals surface area (Å²) < 4.78 is 14.1. The molecule has 1 N–H and O–H groups in total. The highest BCUT2D eigenvalue weighted by Crippen LogP contribution is 2.10. The lowest BCUT2D eigenvalue weighted by Crippen LogP contribution is -2.22. The van der Waals surface area contributed by atoms with E-state index in [0.29, 0.717) is 17.9 Å². The van der Waals surface area contributed by atoms with Crippen molar-refractivity contribution in [1.29, 1.82) is 0 Å². The first-order chi connectivity index (χ1) is 10.1. The van der Waals surface area contributed by atoms with Crippen molar-refractivity contribution in [3.8, 4) is 0 Å². The molecule has 0 aliphatic carbocycles. The number of carbonyl (C=O) groups excluding carboxylic acids is 3. The normalized spacial score (nSPS) is 9.81. The second kappa shape index (κ2) is 8.70. The monoisotopic (exact) mass is 295 g/mol. The first-order valence-corrected chi connectivity index (χ1v) is 6.28. The number of esters is 2. The van der Waals surface area contributed by atoms with Crippen LogP contribution in [0.2, 0.25) is 0 Å². The maximum Gasteiger partial charge on any atom is 0.338 e. The smallest absolute Gasteiger partial charge is 0.338 e. The number of amides is 1. The summed E-state index contributed by atoms with van der Waals surface area (Å²) in [7, 11) is 1.35. The van der Waals surface area contributed by atoms with Crippen LogP contribution in [0.25, 0.3) is 0 Å². The molecule has 0 unspecified atom stereocenters. The number of rotatable bonds is 7. The molecule has 1 rings (SSSR count). The molecule has 1 aromatic carbocycles. The number of anilines is 1. The summed E-state index contributed by atoms with van der Waals surface area (Å²) in [4.78, 5) is 34.0. The molecule has 0 saturated carbocycles. The molecule has 0 saturated heterocycles. The quantitative estimate of drug-likeness (QED) is 0.754. The second-order valence-corrected chi connectivity index (χ2v) is 3.94. The maximum atomic E-state index is 11.5. The van der Waals surface area contributed by atoms with Gasteiger partial charge in [-0.15, -0.1) is 0 Å². The molecular formula is C14H17NO6. The lowest BCUT2D eigenvalue weighted by molar-refractivity contribution is -0.150. The Bertz CT molecular complexity index is 497. The first kappa shape index (κ1) is 16.6. The number of hydrogen-bond acceptors (Lipinski definition) is 6. The third-order valence-electron chi connectivity index (χ3n) is 2.31. The van der Waals surface area contributed by atoms with Crippen LogP contribution in [0.1, 0.15) is 17.3 Å². The SMILES string of the molecule is CCOC(=O)c1ccc(NC(=O)COC(=O)COC)cc1. The molecule has 1 amide bonds. The van der Waals surface area contributed by atoms with Crippen LogP contribution in [0.5, 0.6) is 0 Å². The molecule has 0 atom stereocenters. The highest BCUT2D eigenvalue weighted by Gasteiger charge is 2.09. The van der Waals surface area contributed by atoms with Crippen LogP contribution in [0.4, 0.5) is 5.69 Å². The average molecular weight is 295 g/mol. The Morgan fingerprint density at radius 3 is 2.29 bits per heavy atom. The fourth-order valence-corrected chi connectivity index (χ4v) is 1.41. The Morgan fingerprint density at radius 1 is 1.05 bits per heavy atom. The largest absolute Gasteiger partial charge is 0.462 e. The van der Waals surface area contributed by atoms with Crippen LogP contribution in [-0.2, 0) is 23.8 Å². The number of hydrogen-bond donors (Lipinski definition) is 1. The van der Waals surface area contributed by atoms with Gasteiger partial charge in [0.1, 0.15) is 6.61 Å². The third kappa shape index (κ3) is 6.05. The van der Waals surface area contributed by atoms with Gasteiger partial charge in [-0.3, -0.25) is 4.79 Å². The van der Waals surface area contributed by atoms with Crippen molar-refractivity contribution >= 4 is 23.5 Å². The van der Waals surface area contributed by atoms with E-state index in [0.717, 1.165) is 0 Å². The van der Waals surface area contributed by atoms with Crippen LogP contribution >= 0.6 is 0 Å². The van der Waals surface area contributed by atoms with Crippen LogP contribution in [0.15, 0.2) is 24.3 Å². The molecule has 21 heavy (non-hydrogen) atoms. The van der Waals surface area contributed by atoms with Gasteiger partial charge >= 0.3 is 11.9 Å². The second-order valence-electron chi connectivity index (χ2n) is 3.94. The van der Waals surface area contributed by atoms with E-state index >= 15 is 0 Å². The van der Waals surface area contributed by atoms with Gasteiger partial charge in [0.2, 0.25) is 0 Å². The van der Waals surface area contributed by atoms with E-state index < -0.39 is 24.5 Å². The average Bonchev–Trinajstić information content (AvgIpc) is 2.46. The van der Waals surface area contributed by atoms with E-state index in [-0.39, 0.29) is 6.61 Å². The predicted octanol–water partition coefficient (Wildman–Crippen LogP) is 0.991. The molecule has 7 heteroatoms. The minimum atomic E-state index is -0.620. The fourth-order valence-electron chi connectivity index (χ4n) is 1.41. The molecule has 0 aliphatic heterocycles. The lowest BCUT2D eigenvalue weighted by Gasteiger charge is -2.07. The molecule has 0 fully saturated rings. The summed E-state index contributed by atoms with van der Waals surface area (Å²) in [5.41, 5.74) is 0.872. The van der Waals surface area contributed by atoms with Gasteiger partial charge in [0, 0.05) is 12.8 Å². The van der Waals surface area contributed by atoms with Crippen molar-refractivity contribution in [2.75, 3.05) is 32.2 Å². The maximum absolute atomic E-state index is 11.5. The predicted molar refractivity (Wildman–Crippen MR) is 73.9 cm³/mol. The van der Waals surface area contributed by atoms with Crippen molar-refractivity contribution in [3.05, 3.63) is 29.8 Å². The Balaban J connectivity index is 2.46. The molecule has 0 aromatic heterocycles. The summed E-state index contributed by atoms with van der Waals surface area (Å²) in [6.07, 6.45) is 0. The van der Waals surface area contributed by atoms with Crippen molar-refractivity contribution in [1.82, 2.24) is 0 Å². The van der Waals surface area contributed by atoms with Gasteiger partial charge < -0.3 is 19.5 Å². The highest BCUT2D eigenvalue weighted by atomic mass is 16.6. The number of methoxy groups -OCH3 is 1. The van der Waals surface area contributed by atoms with Gasteiger partial charge in [0.25, 0.3) is 5.91 Å².